The molecule has 0 heterocycles. The maximum atomic E-state index is 10.6. The number of esters is 1. The number of methoxy groups -OCH3 is 1. The molecule has 0 N–H and O–H groups in total. The van der Waals surface area contributed by atoms with E-state index < -0.39 is 0 Å². The van der Waals surface area contributed by atoms with Gasteiger partial charge < -0.3 is 4.74 Å². The summed E-state index contributed by atoms with van der Waals surface area (Å²) in [6, 6.07) is 0. The van der Waals surface area contributed by atoms with Gasteiger partial charge in [0.2, 0.25) is 0 Å². The first-order valence-corrected chi connectivity index (χ1v) is 2.91. The maximum absolute atomic E-state index is 10.6. The number of carbonyl (C=O) groups is 1. The van der Waals surface area contributed by atoms with Gasteiger partial charge in [-0.05, 0) is 6.42 Å². The zero-order valence-electron chi connectivity index (χ0n) is 5.89. The van der Waals surface area contributed by atoms with E-state index in [0.29, 0.717) is 6.42 Å². The van der Waals surface area contributed by atoms with E-state index >= 15 is 0 Å². The largest absolute Gasteiger partial charge is 0.469 e. The molecule has 9 heavy (non-hydrogen) atoms. The molecule has 0 aromatic carbocycles. The van der Waals surface area contributed by atoms with Gasteiger partial charge in [0, 0.05) is 0 Å². The standard InChI is InChI=1S/C7H12O2/c1-4-5-6(2)7(8)9-3/h4,6H,1,5H2,2-3H3/t6-/m1/s1. The molecule has 0 rings (SSSR count). The predicted molar refractivity (Wildman–Crippen MR) is 36.0 cm³/mol. The minimum absolute atomic E-state index is 0.0486. The molecular formula is C7H12O2. The summed E-state index contributed by atoms with van der Waals surface area (Å²) in [4.78, 5) is 10.6. The zero-order chi connectivity index (χ0) is 7.28. The molecule has 0 bridgehead atoms. The molecular weight excluding hydrogens is 116 g/mol. The molecule has 0 radical (unpaired) electrons. The van der Waals surface area contributed by atoms with Crippen LogP contribution in [0.25, 0.3) is 0 Å². The van der Waals surface area contributed by atoms with Crippen molar-refractivity contribution in [2.24, 2.45) is 5.92 Å². The first-order valence-electron chi connectivity index (χ1n) is 2.91. The van der Waals surface area contributed by atoms with Crippen LogP contribution >= 0.6 is 0 Å². The van der Waals surface area contributed by atoms with Crippen LogP contribution in [-0.4, -0.2) is 13.1 Å². The average Bonchev–Trinajstić information content (AvgIpc) is 1.87. The first-order chi connectivity index (χ1) is 4.22. The summed E-state index contributed by atoms with van der Waals surface area (Å²) in [6.45, 7) is 5.32. The number of hydrogen-bond donors (Lipinski definition) is 0. The van der Waals surface area contributed by atoms with Crippen molar-refractivity contribution in [3.63, 3.8) is 0 Å². The highest BCUT2D eigenvalue weighted by molar-refractivity contribution is 5.71. The quantitative estimate of drug-likeness (QED) is 0.424. The van der Waals surface area contributed by atoms with Gasteiger partial charge in [-0.1, -0.05) is 13.0 Å². The molecule has 0 aliphatic heterocycles. The van der Waals surface area contributed by atoms with Crippen molar-refractivity contribution in [2.45, 2.75) is 13.3 Å². The van der Waals surface area contributed by atoms with Crippen molar-refractivity contribution >= 4 is 5.97 Å². The van der Waals surface area contributed by atoms with Crippen LogP contribution in [0.4, 0.5) is 0 Å². The van der Waals surface area contributed by atoms with Crippen molar-refractivity contribution in [1.82, 2.24) is 0 Å². The van der Waals surface area contributed by atoms with E-state index in [1.807, 2.05) is 6.92 Å². The molecule has 2 heteroatoms. The van der Waals surface area contributed by atoms with Crippen LogP contribution in [0.5, 0.6) is 0 Å². The average molecular weight is 128 g/mol. The minimum Gasteiger partial charge on any atom is -0.469 e. The Hall–Kier alpha value is -0.790. The van der Waals surface area contributed by atoms with E-state index in [0.717, 1.165) is 0 Å². The van der Waals surface area contributed by atoms with E-state index in [9.17, 15) is 4.79 Å². The molecule has 2 nitrogen and oxygen atoms in total. The highest BCUT2D eigenvalue weighted by Gasteiger charge is 2.09. The van der Waals surface area contributed by atoms with Gasteiger partial charge >= 0.3 is 5.97 Å². The van der Waals surface area contributed by atoms with Gasteiger partial charge in [-0.3, -0.25) is 4.79 Å². The Morgan fingerprint density at radius 1 is 1.89 bits per heavy atom. The lowest BCUT2D eigenvalue weighted by Crippen LogP contribution is -2.11. The van der Waals surface area contributed by atoms with Gasteiger partial charge in [-0.15, -0.1) is 6.58 Å². The first kappa shape index (κ1) is 8.21. The van der Waals surface area contributed by atoms with Gasteiger partial charge in [-0.2, -0.15) is 0 Å². The Kier molecular flexibility index (Phi) is 3.76. The Morgan fingerprint density at radius 3 is 2.78 bits per heavy atom. The number of allylic oxidation sites excluding steroid dienone is 1. The number of ether oxygens (including phenoxy) is 1. The summed E-state index contributed by atoms with van der Waals surface area (Å²) < 4.78 is 4.48. The summed E-state index contributed by atoms with van der Waals surface area (Å²) >= 11 is 0. The lowest BCUT2D eigenvalue weighted by molar-refractivity contribution is -0.144. The van der Waals surface area contributed by atoms with Crippen LogP contribution in [0.2, 0.25) is 0 Å². The summed E-state index contributed by atoms with van der Waals surface area (Å²) in [7, 11) is 1.39. The van der Waals surface area contributed by atoms with Crippen LogP contribution in [0.3, 0.4) is 0 Å². The van der Waals surface area contributed by atoms with E-state index in [1.165, 1.54) is 7.11 Å². The zero-order valence-corrected chi connectivity index (χ0v) is 5.89. The lowest BCUT2D eigenvalue weighted by atomic mass is 10.1. The highest BCUT2D eigenvalue weighted by atomic mass is 16.5. The fourth-order valence-corrected chi connectivity index (χ4v) is 0.547. The molecule has 52 valence electrons. The Morgan fingerprint density at radius 2 is 2.44 bits per heavy atom. The van der Waals surface area contributed by atoms with Gasteiger partial charge in [-0.25, -0.2) is 0 Å². The maximum Gasteiger partial charge on any atom is 0.308 e. The molecule has 0 saturated heterocycles. The van der Waals surface area contributed by atoms with Crippen LogP contribution in [0.1, 0.15) is 13.3 Å². The SMILES string of the molecule is C=CC[C@@H](C)C(=O)OC. The van der Waals surface area contributed by atoms with Crippen molar-refractivity contribution < 1.29 is 9.53 Å². The minimum atomic E-state index is -0.171. The molecule has 0 aliphatic rings. The third-order valence-corrected chi connectivity index (χ3v) is 1.12. The summed E-state index contributed by atoms with van der Waals surface area (Å²) in [5.74, 6) is -0.220. The van der Waals surface area contributed by atoms with E-state index in [-0.39, 0.29) is 11.9 Å². The molecule has 0 aromatic rings. The molecule has 1 atom stereocenters. The van der Waals surface area contributed by atoms with Crippen LogP contribution in [-0.2, 0) is 9.53 Å². The third-order valence-electron chi connectivity index (χ3n) is 1.12. The van der Waals surface area contributed by atoms with Crippen molar-refractivity contribution in [3.8, 4) is 0 Å². The van der Waals surface area contributed by atoms with Crippen LogP contribution < -0.4 is 0 Å². The normalized spacial score (nSPS) is 12.2. The highest BCUT2D eigenvalue weighted by Crippen LogP contribution is 2.02. The summed E-state index contributed by atoms with van der Waals surface area (Å²) in [5.41, 5.74) is 0. The van der Waals surface area contributed by atoms with Crippen molar-refractivity contribution in [3.05, 3.63) is 12.7 Å². The number of hydrogen-bond acceptors (Lipinski definition) is 2. The van der Waals surface area contributed by atoms with Crippen molar-refractivity contribution in [2.75, 3.05) is 7.11 Å². The van der Waals surface area contributed by atoms with E-state index in [1.54, 1.807) is 6.08 Å². The number of carbonyl (C=O) groups excluding carboxylic acids is 1. The molecule has 0 fully saturated rings. The Labute approximate surface area is 55.5 Å². The van der Waals surface area contributed by atoms with E-state index in [2.05, 4.69) is 11.3 Å². The molecule has 0 saturated carbocycles. The van der Waals surface area contributed by atoms with Gasteiger partial charge in [0.15, 0.2) is 0 Å². The Bertz CT molecular complexity index is 107. The number of rotatable bonds is 3. The molecule has 0 unspecified atom stereocenters. The fourth-order valence-electron chi connectivity index (χ4n) is 0.547. The van der Waals surface area contributed by atoms with Crippen LogP contribution in [0, 0.1) is 5.92 Å². The smallest absolute Gasteiger partial charge is 0.308 e. The van der Waals surface area contributed by atoms with Crippen molar-refractivity contribution in [1.29, 1.82) is 0 Å². The molecule has 0 aliphatic carbocycles. The summed E-state index contributed by atoms with van der Waals surface area (Å²) in [6.07, 6.45) is 2.40. The second kappa shape index (κ2) is 4.13. The molecule has 0 amide bonds. The second-order valence-electron chi connectivity index (χ2n) is 1.95. The van der Waals surface area contributed by atoms with Gasteiger partial charge in [0.25, 0.3) is 0 Å². The van der Waals surface area contributed by atoms with Gasteiger partial charge in [0.05, 0.1) is 13.0 Å². The topological polar surface area (TPSA) is 26.3 Å². The third kappa shape index (κ3) is 2.90. The second-order valence-corrected chi connectivity index (χ2v) is 1.95. The van der Waals surface area contributed by atoms with Crippen LogP contribution in [0.15, 0.2) is 12.7 Å². The molecule has 0 spiro atoms. The monoisotopic (exact) mass is 128 g/mol. The fraction of sp³-hybridized carbons (Fsp3) is 0.571. The Balaban J connectivity index is 3.58. The lowest BCUT2D eigenvalue weighted by Gasteiger charge is -2.03. The van der Waals surface area contributed by atoms with Gasteiger partial charge in [0.1, 0.15) is 0 Å². The summed E-state index contributed by atoms with van der Waals surface area (Å²) in [5, 5.41) is 0. The molecule has 0 aromatic heterocycles. The predicted octanol–water partition coefficient (Wildman–Crippen LogP) is 1.37. The van der Waals surface area contributed by atoms with E-state index in [4.69, 9.17) is 0 Å².